The van der Waals surface area contributed by atoms with Gasteiger partial charge in [0, 0.05) is 17.3 Å². The van der Waals surface area contributed by atoms with Crippen LogP contribution in [0.2, 0.25) is 5.02 Å². The van der Waals surface area contributed by atoms with Gasteiger partial charge in [0.2, 0.25) is 11.8 Å². The van der Waals surface area contributed by atoms with Crippen LogP contribution in [0.1, 0.15) is 5.56 Å². The van der Waals surface area contributed by atoms with Crippen molar-refractivity contribution in [2.24, 2.45) is 0 Å². The van der Waals surface area contributed by atoms with E-state index in [2.05, 4.69) is 0 Å². The van der Waals surface area contributed by atoms with E-state index >= 15 is 0 Å². The summed E-state index contributed by atoms with van der Waals surface area (Å²) in [6.45, 7) is 0.556. The minimum absolute atomic E-state index is 0.0293. The topological polar surface area (TPSA) is 40.6 Å². The Morgan fingerprint density at radius 1 is 1.32 bits per heavy atom. The lowest BCUT2D eigenvalue weighted by atomic mass is 10.1. The van der Waals surface area contributed by atoms with Gasteiger partial charge in [-0.15, -0.1) is 11.8 Å². The Morgan fingerprint density at radius 2 is 2.11 bits per heavy atom. The number of fused-ring (bicyclic) bond motifs is 1. The van der Waals surface area contributed by atoms with Crippen LogP contribution < -0.4 is 0 Å². The molecule has 0 spiro atoms. The van der Waals surface area contributed by atoms with Gasteiger partial charge in [0.15, 0.2) is 0 Å². The van der Waals surface area contributed by atoms with Gasteiger partial charge in [-0.2, -0.15) is 0 Å². The highest BCUT2D eigenvalue weighted by molar-refractivity contribution is 7.99. The number of amides is 2. The van der Waals surface area contributed by atoms with Gasteiger partial charge in [0.25, 0.3) is 0 Å². The molecular weight excluding hydrogens is 284 g/mol. The fourth-order valence-corrected chi connectivity index (χ4v) is 3.77. The van der Waals surface area contributed by atoms with Gasteiger partial charge < -0.3 is 9.80 Å². The number of nitrogens with zero attached hydrogens (tertiary/aromatic N) is 2. The van der Waals surface area contributed by atoms with E-state index in [-0.39, 0.29) is 24.4 Å². The maximum Gasteiger partial charge on any atom is 0.247 e. The summed E-state index contributed by atoms with van der Waals surface area (Å²) in [4.78, 5) is 27.6. The Hall–Kier alpha value is -1.20. The first-order chi connectivity index (χ1) is 9.16. The fourth-order valence-electron chi connectivity index (χ4n) is 2.40. The molecule has 1 aromatic carbocycles. The highest BCUT2D eigenvalue weighted by atomic mass is 35.5. The first-order valence-corrected chi connectivity index (χ1v) is 7.59. The minimum Gasteiger partial charge on any atom is -0.327 e. The number of benzene rings is 1. The predicted octanol–water partition coefficient (Wildman–Crippen LogP) is 1.58. The standard InChI is InChI=1S/C13H13ClN2O2S/c14-10-4-2-1-3-9(10)5-15-6-12(17)16-8-19-7-11(16)13(15)18/h1-4,11H,5-8H2/t11-/m1/s1. The van der Waals surface area contributed by atoms with Crippen LogP contribution in [0.5, 0.6) is 0 Å². The summed E-state index contributed by atoms with van der Waals surface area (Å²) >= 11 is 7.73. The SMILES string of the molecule is O=C1[C@H]2CSCN2C(=O)CN1Cc1ccccc1Cl. The minimum atomic E-state index is -0.284. The summed E-state index contributed by atoms with van der Waals surface area (Å²) in [5.41, 5.74) is 0.879. The second-order valence-corrected chi connectivity index (χ2v) is 6.07. The molecule has 0 aromatic heterocycles. The molecule has 100 valence electrons. The number of carbonyl (C=O) groups excluding carboxylic acids is 2. The number of hydrogen-bond acceptors (Lipinski definition) is 3. The molecule has 2 aliphatic heterocycles. The maximum absolute atomic E-state index is 12.3. The van der Waals surface area contributed by atoms with Crippen molar-refractivity contribution >= 4 is 35.2 Å². The second kappa shape index (κ2) is 5.06. The monoisotopic (exact) mass is 296 g/mol. The third-order valence-corrected chi connectivity index (χ3v) is 4.83. The second-order valence-electron chi connectivity index (χ2n) is 4.66. The molecule has 3 rings (SSSR count). The normalized spacial score (nSPS) is 22.9. The average Bonchev–Trinajstić information content (AvgIpc) is 2.88. The average molecular weight is 297 g/mol. The van der Waals surface area contributed by atoms with E-state index in [1.807, 2.05) is 18.2 Å². The Morgan fingerprint density at radius 3 is 2.89 bits per heavy atom. The van der Waals surface area contributed by atoms with Crippen LogP contribution in [0.3, 0.4) is 0 Å². The van der Waals surface area contributed by atoms with Crippen LogP contribution in [0.25, 0.3) is 0 Å². The number of halogens is 1. The molecule has 2 saturated heterocycles. The molecule has 1 atom stereocenters. The third-order valence-electron chi connectivity index (χ3n) is 3.44. The summed E-state index contributed by atoms with van der Waals surface area (Å²) in [6.07, 6.45) is 0. The van der Waals surface area contributed by atoms with Gasteiger partial charge in [0.1, 0.15) is 12.6 Å². The summed E-state index contributed by atoms with van der Waals surface area (Å²) in [7, 11) is 0. The van der Waals surface area contributed by atoms with E-state index in [9.17, 15) is 9.59 Å². The number of rotatable bonds is 2. The van der Waals surface area contributed by atoms with Crippen LogP contribution in [-0.4, -0.2) is 45.8 Å². The zero-order valence-corrected chi connectivity index (χ0v) is 11.8. The molecule has 0 aliphatic carbocycles. The molecule has 0 N–H and O–H groups in total. The summed E-state index contributed by atoms with van der Waals surface area (Å²) in [5.74, 6) is 1.39. The lowest BCUT2D eigenvalue weighted by Crippen LogP contribution is -2.57. The molecule has 4 nitrogen and oxygen atoms in total. The number of hydrogen-bond donors (Lipinski definition) is 0. The number of thioether (sulfide) groups is 1. The highest BCUT2D eigenvalue weighted by Crippen LogP contribution is 2.27. The van der Waals surface area contributed by atoms with Crippen LogP contribution >= 0.6 is 23.4 Å². The van der Waals surface area contributed by atoms with E-state index in [0.29, 0.717) is 23.2 Å². The smallest absolute Gasteiger partial charge is 0.247 e. The molecule has 2 amide bonds. The Kier molecular flexibility index (Phi) is 3.41. The Labute approximate surface area is 120 Å². The van der Waals surface area contributed by atoms with E-state index in [1.54, 1.807) is 27.6 Å². The first kappa shape index (κ1) is 12.8. The van der Waals surface area contributed by atoms with Gasteiger partial charge in [-0.05, 0) is 11.6 Å². The van der Waals surface area contributed by atoms with E-state index < -0.39 is 0 Å². The Balaban J connectivity index is 1.80. The van der Waals surface area contributed by atoms with Gasteiger partial charge in [-0.1, -0.05) is 29.8 Å². The fraction of sp³-hybridized carbons (Fsp3) is 0.385. The highest BCUT2D eigenvalue weighted by Gasteiger charge is 2.42. The van der Waals surface area contributed by atoms with Crippen LogP contribution in [0.15, 0.2) is 24.3 Å². The number of carbonyl (C=O) groups is 2. The van der Waals surface area contributed by atoms with E-state index in [0.717, 1.165) is 5.56 Å². The van der Waals surface area contributed by atoms with Crippen molar-refractivity contribution in [2.75, 3.05) is 18.2 Å². The quantitative estimate of drug-likeness (QED) is 0.832. The molecule has 19 heavy (non-hydrogen) atoms. The van der Waals surface area contributed by atoms with Crippen molar-refractivity contribution in [3.05, 3.63) is 34.9 Å². The molecule has 2 heterocycles. The molecule has 0 unspecified atom stereocenters. The number of piperazine rings is 1. The van der Waals surface area contributed by atoms with E-state index in [1.165, 1.54) is 0 Å². The lowest BCUT2D eigenvalue weighted by Gasteiger charge is -2.35. The molecule has 2 fully saturated rings. The molecule has 1 aromatic rings. The zero-order chi connectivity index (χ0) is 13.4. The van der Waals surface area contributed by atoms with Crippen LogP contribution in [-0.2, 0) is 16.1 Å². The maximum atomic E-state index is 12.3. The first-order valence-electron chi connectivity index (χ1n) is 6.06. The molecule has 0 saturated carbocycles. The third kappa shape index (κ3) is 2.32. The van der Waals surface area contributed by atoms with Crippen molar-refractivity contribution in [1.29, 1.82) is 0 Å². The van der Waals surface area contributed by atoms with Crippen molar-refractivity contribution in [2.45, 2.75) is 12.6 Å². The van der Waals surface area contributed by atoms with Crippen molar-refractivity contribution in [3.8, 4) is 0 Å². The largest absolute Gasteiger partial charge is 0.327 e. The molecule has 6 heteroatoms. The lowest BCUT2D eigenvalue weighted by molar-refractivity contribution is -0.153. The van der Waals surface area contributed by atoms with Gasteiger partial charge in [-0.3, -0.25) is 9.59 Å². The Bertz CT molecular complexity index is 537. The molecule has 2 aliphatic rings. The zero-order valence-electron chi connectivity index (χ0n) is 10.2. The predicted molar refractivity (Wildman–Crippen MR) is 74.8 cm³/mol. The molecular formula is C13H13ClN2O2S. The van der Waals surface area contributed by atoms with Crippen LogP contribution in [0, 0.1) is 0 Å². The van der Waals surface area contributed by atoms with Crippen molar-refractivity contribution in [1.82, 2.24) is 9.80 Å². The summed E-state index contributed by atoms with van der Waals surface area (Å²) < 4.78 is 0. The van der Waals surface area contributed by atoms with Gasteiger partial charge >= 0.3 is 0 Å². The van der Waals surface area contributed by atoms with E-state index in [4.69, 9.17) is 11.6 Å². The van der Waals surface area contributed by atoms with Crippen LogP contribution in [0.4, 0.5) is 0 Å². The van der Waals surface area contributed by atoms with Crippen molar-refractivity contribution in [3.63, 3.8) is 0 Å². The molecule has 0 bridgehead atoms. The van der Waals surface area contributed by atoms with Gasteiger partial charge in [0.05, 0.1) is 5.88 Å². The summed E-state index contributed by atoms with van der Waals surface area (Å²) in [5, 5.41) is 0.631. The van der Waals surface area contributed by atoms with Gasteiger partial charge in [-0.25, -0.2) is 0 Å². The summed E-state index contributed by atoms with van der Waals surface area (Å²) in [6, 6.07) is 7.13. The van der Waals surface area contributed by atoms with Crippen molar-refractivity contribution < 1.29 is 9.59 Å². The molecule has 0 radical (unpaired) electrons.